The summed E-state index contributed by atoms with van der Waals surface area (Å²) in [5.74, 6) is 0.860. The lowest BCUT2D eigenvalue weighted by Crippen LogP contribution is -2.45. The van der Waals surface area contributed by atoms with Gasteiger partial charge in [0, 0.05) is 5.70 Å². The van der Waals surface area contributed by atoms with Crippen molar-refractivity contribution in [2.45, 2.75) is 39.6 Å². The number of esters is 1. The third kappa shape index (κ3) is 9.38. The Morgan fingerprint density at radius 3 is 2.42 bits per heavy atom. The summed E-state index contributed by atoms with van der Waals surface area (Å²) in [5.41, 5.74) is 5.19. The molecule has 4 N–H and O–H groups in total. The highest BCUT2D eigenvalue weighted by Crippen LogP contribution is 2.38. The second-order valence-electron chi connectivity index (χ2n) is 10.2. The minimum atomic E-state index is -1.20. The number of rotatable bonds is 15. The molecule has 1 heterocycles. The molecule has 3 aromatic carbocycles. The van der Waals surface area contributed by atoms with Crippen LogP contribution in [0.4, 0.5) is 4.79 Å². The first-order valence-electron chi connectivity index (χ1n) is 14.8. The first-order valence-corrected chi connectivity index (χ1v) is 15.9. The molecule has 12 nitrogen and oxygen atoms in total. The zero-order valence-electron chi connectivity index (χ0n) is 26.6. The van der Waals surface area contributed by atoms with Crippen LogP contribution >= 0.6 is 34.8 Å². The lowest BCUT2D eigenvalue weighted by atomic mass is 9.95. The van der Waals surface area contributed by atoms with Crippen LogP contribution in [0.5, 0.6) is 23.0 Å². The molecule has 1 aliphatic rings. The Hall–Kier alpha value is -4.36. The van der Waals surface area contributed by atoms with Crippen LogP contribution in [-0.2, 0) is 16.1 Å². The van der Waals surface area contributed by atoms with Crippen LogP contribution in [0.3, 0.4) is 0 Å². The van der Waals surface area contributed by atoms with E-state index in [2.05, 4.69) is 21.2 Å². The average molecular weight is 722 g/mol. The molecule has 4 rings (SSSR count). The van der Waals surface area contributed by atoms with E-state index in [1.807, 2.05) is 6.92 Å². The minimum Gasteiger partial charge on any atom is -0.490 e. The number of carbonyl (C=O) groups excluding carboxylic acids is 2. The zero-order chi connectivity index (χ0) is 34.8. The molecule has 0 bridgehead atoms. The number of hydrogen-bond donors (Lipinski definition) is 4. The van der Waals surface area contributed by atoms with Crippen molar-refractivity contribution in [2.75, 3.05) is 26.9 Å². The first kappa shape index (κ1) is 36.5. The van der Waals surface area contributed by atoms with Gasteiger partial charge in [0.25, 0.3) is 0 Å². The lowest BCUT2D eigenvalue weighted by Gasteiger charge is -2.28. The van der Waals surface area contributed by atoms with Crippen LogP contribution in [0.25, 0.3) is 0 Å². The Morgan fingerprint density at radius 1 is 0.958 bits per heavy atom. The number of methoxy groups -OCH3 is 1. The van der Waals surface area contributed by atoms with E-state index in [-0.39, 0.29) is 18.8 Å². The van der Waals surface area contributed by atoms with Gasteiger partial charge in [0.2, 0.25) is 0 Å². The minimum absolute atomic E-state index is 0.186. The fraction of sp³-hybridized carbons (Fsp3) is 0.303. The van der Waals surface area contributed by atoms with Gasteiger partial charge in [0.15, 0.2) is 29.2 Å². The maximum Gasteiger partial charge on any atom is 0.337 e. The van der Waals surface area contributed by atoms with Crippen molar-refractivity contribution < 1.29 is 38.4 Å². The van der Waals surface area contributed by atoms with E-state index in [0.717, 1.165) is 5.56 Å². The summed E-state index contributed by atoms with van der Waals surface area (Å²) in [7, 11) is 1.27. The second kappa shape index (κ2) is 17.2. The van der Waals surface area contributed by atoms with Crippen LogP contribution in [0, 0.1) is 0 Å². The highest BCUT2D eigenvalue weighted by molar-refractivity contribution is 6.42. The number of hydrazone groups is 1. The molecular formula is C33H35Cl3N4O8. The summed E-state index contributed by atoms with van der Waals surface area (Å²) in [6, 6.07) is 12.3. The van der Waals surface area contributed by atoms with Gasteiger partial charge in [-0.25, -0.2) is 9.59 Å². The Morgan fingerprint density at radius 2 is 1.71 bits per heavy atom. The molecule has 0 spiro atoms. The number of allylic oxidation sites excluding steroid dienone is 1. The molecule has 2 atom stereocenters. The average Bonchev–Trinajstić information content (AvgIpc) is 3.05. The fourth-order valence-corrected chi connectivity index (χ4v) is 5.26. The smallest absolute Gasteiger partial charge is 0.337 e. The van der Waals surface area contributed by atoms with E-state index in [1.165, 1.54) is 13.3 Å². The molecule has 0 aromatic heterocycles. The Balaban J connectivity index is 1.40. The summed E-state index contributed by atoms with van der Waals surface area (Å²) in [4.78, 5) is 24.7. The number of benzene rings is 3. The van der Waals surface area contributed by atoms with Gasteiger partial charge >= 0.3 is 12.0 Å². The number of nitrogens with one attached hydrogen (secondary N) is 3. The summed E-state index contributed by atoms with van der Waals surface area (Å²) in [5, 5.41) is 21.1. The Labute approximate surface area is 292 Å². The van der Waals surface area contributed by atoms with E-state index < -0.39 is 24.3 Å². The van der Waals surface area contributed by atoms with Crippen molar-refractivity contribution in [3.8, 4) is 23.0 Å². The van der Waals surface area contributed by atoms with Crippen molar-refractivity contribution >= 4 is 53.0 Å². The number of amides is 2. The predicted octanol–water partition coefficient (Wildman–Crippen LogP) is 6.15. The molecule has 48 heavy (non-hydrogen) atoms. The number of aliphatic hydroxyl groups excluding tert-OH is 1. The third-order valence-corrected chi connectivity index (χ3v) is 7.83. The molecule has 0 saturated heterocycles. The van der Waals surface area contributed by atoms with Gasteiger partial charge < -0.3 is 39.4 Å². The third-order valence-electron chi connectivity index (χ3n) is 6.81. The van der Waals surface area contributed by atoms with Gasteiger partial charge in [-0.05, 0) is 73.9 Å². The second-order valence-corrected chi connectivity index (χ2v) is 11.4. The normalized spacial score (nSPS) is 15.0. The number of halogens is 3. The molecule has 0 unspecified atom stereocenters. The molecule has 1 aliphatic heterocycles. The van der Waals surface area contributed by atoms with Crippen LogP contribution in [-0.4, -0.2) is 56.5 Å². The largest absolute Gasteiger partial charge is 0.490 e. The van der Waals surface area contributed by atoms with Crippen LogP contribution < -0.4 is 35.0 Å². The number of carbonyl (C=O) groups is 2. The Kier molecular flexibility index (Phi) is 13.0. The van der Waals surface area contributed by atoms with Gasteiger partial charge in [-0.3, -0.25) is 5.43 Å². The van der Waals surface area contributed by atoms with Crippen LogP contribution in [0.15, 0.2) is 64.9 Å². The van der Waals surface area contributed by atoms with Gasteiger partial charge in [-0.15, -0.1) is 0 Å². The first-order chi connectivity index (χ1) is 23.0. The monoisotopic (exact) mass is 720 g/mol. The van der Waals surface area contributed by atoms with Crippen LogP contribution in [0.2, 0.25) is 15.1 Å². The number of hydrogen-bond acceptors (Lipinski definition) is 10. The quantitative estimate of drug-likeness (QED) is 0.0628. The van der Waals surface area contributed by atoms with E-state index in [9.17, 15) is 14.7 Å². The van der Waals surface area contributed by atoms with Gasteiger partial charge in [0.1, 0.15) is 13.2 Å². The molecule has 0 fully saturated rings. The lowest BCUT2D eigenvalue weighted by molar-refractivity contribution is -0.136. The van der Waals surface area contributed by atoms with E-state index in [4.69, 9.17) is 58.5 Å². The summed E-state index contributed by atoms with van der Waals surface area (Å²) >= 11 is 18.6. The SMILES string of the molecule is CCOc1cc([C@@H]2NC(=O)NC(C)=C2C(=O)OC)ccc1OC[C@@H](O)N/N=C\c1cc(Cl)c(OCc2ccc(Cl)c(Cl)c2)c(OCC)c1. The van der Waals surface area contributed by atoms with Gasteiger partial charge in [-0.2, -0.15) is 5.10 Å². The predicted molar refractivity (Wildman–Crippen MR) is 182 cm³/mol. The van der Waals surface area contributed by atoms with E-state index >= 15 is 0 Å². The van der Waals surface area contributed by atoms with Crippen LogP contribution in [0.1, 0.15) is 43.5 Å². The van der Waals surface area contributed by atoms with Crippen molar-refractivity contribution in [1.82, 2.24) is 16.1 Å². The molecule has 3 aromatic rings. The van der Waals surface area contributed by atoms with E-state index in [1.54, 1.807) is 62.4 Å². The highest BCUT2D eigenvalue weighted by atomic mass is 35.5. The summed E-state index contributed by atoms with van der Waals surface area (Å²) in [6.07, 6.45) is 0.258. The summed E-state index contributed by atoms with van der Waals surface area (Å²) < 4.78 is 28.2. The zero-order valence-corrected chi connectivity index (χ0v) is 28.8. The molecule has 0 aliphatic carbocycles. The van der Waals surface area contributed by atoms with E-state index in [0.29, 0.717) is 68.1 Å². The maximum absolute atomic E-state index is 12.5. The standard InChI is InChI=1S/C33H35Cl3N4O8/c1-5-45-26-14-21(30-29(32(42)44-4)18(3)38-33(43)39-30)8-10-25(26)47-17-28(41)40-37-15-20-12-24(36)31(27(13-20)46-6-2)48-16-19-7-9-22(34)23(35)11-19/h7-15,28,30,40-41H,5-6,16-17H2,1-4H3,(H2,38,39,43)/b37-15-/t28-,30+/m1/s1. The number of urea groups is 1. The molecule has 0 saturated carbocycles. The summed E-state index contributed by atoms with van der Waals surface area (Å²) in [6.45, 7) is 5.93. The molecule has 0 radical (unpaired) electrons. The molecule has 256 valence electrons. The van der Waals surface area contributed by atoms with Crippen molar-refractivity contribution in [3.05, 3.63) is 91.6 Å². The maximum atomic E-state index is 12.5. The highest BCUT2D eigenvalue weighted by Gasteiger charge is 2.32. The van der Waals surface area contributed by atoms with Gasteiger partial charge in [0.05, 0.1) is 53.2 Å². The fourth-order valence-electron chi connectivity index (χ4n) is 4.67. The number of aliphatic hydroxyl groups is 1. The van der Waals surface area contributed by atoms with Gasteiger partial charge in [-0.1, -0.05) is 46.9 Å². The molecule has 2 amide bonds. The molecule has 15 heteroatoms. The topological polar surface area (TPSA) is 149 Å². The molecular weight excluding hydrogens is 687 g/mol. The van der Waals surface area contributed by atoms with Crippen molar-refractivity contribution in [1.29, 1.82) is 0 Å². The van der Waals surface area contributed by atoms with Crippen molar-refractivity contribution in [3.63, 3.8) is 0 Å². The number of ether oxygens (including phenoxy) is 5. The van der Waals surface area contributed by atoms with Crippen molar-refractivity contribution in [2.24, 2.45) is 5.10 Å². The number of nitrogens with zero attached hydrogens (tertiary/aromatic N) is 1. The Bertz CT molecular complexity index is 1700.